The van der Waals surface area contributed by atoms with Gasteiger partial charge in [0.15, 0.2) is 0 Å². The second kappa shape index (κ2) is 5.97. The molecule has 1 saturated heterocycles. The van der Waals surface area contributed by atoms with Crippen molar-refractivity contribution < 1.29 is 9.53 Å². The van der Waals surface area contributed by atoms with E-state index in [0.717, 1.165) is 6.42 Å². The SMILES string of the molecule is O=C(Nc1cc(Cl)c(Cl)cc1Cl)NC1CCOC1. The van der Waals surface area contributed by atoms with Gasteiger partial charge in [-0.3, -0.25) is 0 Å². The van der Waals surface area contributed by atoms with Crippen LogP contribution in [0.2, 0.25) is 15.1 Å². The lowest BCUT2D eigenvalue weighted by molar-refractivity contribution is 0.189. The number of halogens is 3. The average Bonchev–Trinajstić information content (AvgIpc) is 2.78. The highest BCUT2D eigenvalue weighted by Gasteiger charge is 2.18. The lowest BCUT2D eigenvalue weighted by atomic mass is 10.3. The van der Waals surface area contributed by atoms with E-state index in [1.54, 1.807) is 0 Å². The van der Waals surface area contributed by atoms with Gasteiger partial charge in [0.2, 0.25) is 0 Å². The molecule has 1 heterocycles. The molecule has 1 aromatic rings. The molecule has 7 heteroatoms. The van der Waals surface area contributed by atoms with E-state index >= 15 is 0 Å². The Morgan fingerprint density at radius 3 is 2.61 bits per heavy atom. The first-order valence-corrected chi connectivity index (χ1v) is 6.49. The van der Waals surface area contributed by atoms with E-state index in [-0.39, 0.29) is 12.1 Å². The normalized spacial score (nSPS) is 18.7. The first-order chi connectivity index (χ1) is 8.56. The van der Waals surface area contributed by atoms with Gasteiger partial charge < -0.3 is 15.4 Å². The molecule has 1 fully saturated rings. The van der Waals surface area contributed by atoms with Crippen LogP contribution in [0.4, 0.5) is 10.5 Å². The van der Waals surface area contributed by atoms with Gasteiger partial charge in [-0.25, -0.2) is 4.79 Å². The lowest BCUT2D eigenvalue weighted by Gasteiger charge is -2.13. The smallest absolute Gasteiger partial charge is 0.319 e. The summed E-state index contributed by atoms with van der Waals surface area (Å²) in [5.41, 5.74) is 0.419. The number of hydrogen-bond donors (Lipinski definition) is 2. The Morgan fingerprint density at radius 1 is 1.22 bits per heavy atom. The minimum Gasteiger partial charge on any atom is -0.379 e. The third kappa shape index (κ3) is 3.42. The number of nitrogens with one attached hydrogen (secondary N) is 2. The van der Waals surface area contributed by atoms with E-state index in [2.05, 4.69) is 10.6 Å². The molecule has 1 atom stereocenters. The van der Waals surface area contributed by atoms with Crippen LogP contribution in [0.25, 0.3) is 0 Å². The molecule has 0 spiro atoms. The summed E-state index contributed by atoms with van der Waals surface area (Å²) >= 11 is 17.6. The summed E-state index contributed by atoms with van der Waals surface area (Å²) < 4.78 is 5.16. The van der Waals surface area contributed by atoms with Crippen molar-refractivity contribution in [2.45, 2.75) is 12.5 Å². The zero-order valence-corrected chi connectivity index (χ0v) is 11.6. The van der Waals surface area contributed by atoms with Gasteiger partial charge >= 0.3 is 6.03 Å². The monoisotopic (exact) mass is 308 g/mol. The predicted molar refractivity (Wildman–Crippen MR) is 72.9 cm³/mol. The number of ether oxygens (including phenoxy) is 1. The largest absolute Gasteiger partial charge is 0.379 e. The Labute approximate surface area is 120 Å². The molecule has 1 aromatic carbocycles. The maximum Gasteiger partial charge on any atom is 0.319 e. The Kier molecular flexibility index (Phi) is 4.56. The fourth-order valence-electron chi connectivity index (χ4n) is 1.61. The van der Waals surface area contributed by atoms with Gasteiger partial charge in [-0.15, -0.1) is 0 Å². The molecule has 0 aliphatic carbocycles. The van der Waals surface area contributed by atoms with Gasteiger partial charge in [-0.05, 0) is 18.6 Å². The molecule has 2 N–H and O–H groups in total. The molecule has 0 bridgehead atoms. The number of benzene rings is 1. The minimum atomic E-state index is -0.342. The standard InChI is InChI=1S/C11H11Cl3N2O2/c12-7-3-9(14)10(4-8(7)13)16-11(17)15-6-1-2-18-5-6/h3-4,6H,1-2,5H2,(H2,15,16,17). The van der Waals surface area contributed by atoms with Crippen molar-refractivity contribution in [1.29, 1.82) is 0 Å². The summed E-state index contributed by atoms with van der Waals surface area (Å²) in [6.07, 6.45) is 0.808. The zero-order chi connectivity index (χ0) is 13.1. The second-order valence-electron chi connectivity index (χ2n) is 3.91. The fourth-order valence-corrected chi connectivity index (χ4v) is 2.20. The van der Waals surface area contributed by atoms with Crippen LogP contribution < -0.4 is 10.6 Å². The van der Waals surface area contributed by atoms with Crippen molar-refractivity contribution in [3.63, 3.8) is 0 Å². The van der Waals surface area contributed by atoms with Crippen LogP contribution >= 0.6 is 34.8 Å². The maximum atomic E-state index is 11.7. The van der Waals surface area contributed by atoms with Crippen LogP contribution in [0.15, 0.2) is 12.1 Å². The average molecular weight is 310 g/mol. The Balaban J connectivity index is 2.00. The highest BCUT2D eigenvalue weighted by Crippen LogP contribution is 2.32. The maximum absolute atomic E-state index is 11.7. The Bertz CT molecular complexity index is 462. The van der Waals surface area contributed by atoms with E-state index in [1.807, 2.05) is 0 Å². The molecular weight excluding hydrogens is 298 g/mol. The van der Waals surface area contributed by atoms with Crippen LogP contribution in [-0.2, 0) is 4.74 Å². The van der Waals surface area contributed by atoms with Crippen molar-refractivity contribution in [3.05, 3.63) is 27.2 Å². The van der Waals surface area contributed by atoms with Crippen molar-refractivity contribution in [1.82, 2.24) is 5.32 Å². The van der Waals surface area contributed by atoms with E-state index in [9.17, 15) is 4.79 Å². The molecule has 4 nitrogen and oxygen atoms in total. The number of rotatable bonds is 2. The van der Waals surface area contributed by atoms with Gasteiger partial charge in [0.1, 0.15) is 0 Å². The van der Waals surface area contributed by atoms with Crippen LogP contribution in [0.3, 0.4) is 0 Å². The van der Waals surface area contributed by atoms with Gasteiger partial charge in [0, 0.05) is 6.61 Å². The summed E-state index contributed by atoms with van der Waals surface area (Å²) in [6, 6.07) is 2.69. The molecule has 98 valence electrons. The van der Waals surface area contributed by atoms with Crippen LogP contribution in [0.1, 0.15) is 6.42 Å². The number of anilines is 1. The molecular formula is C11H11Cl3N2O2. The van der Waals surface area contributed by atoms with Gasteiger partial charge in [0.25, 0.3) is 0 Å². The number of amides is 2. The minimum absolute atomic E-state index is 0.0338. The highest BCUT2D eigenvalue weighted by molar-refractivity contribution is 6.44. The van der Waals surface area contributed by atoms with Crippen molar-refractivity contribution >= 4 is 46.5 Å². The van der Waals surface area contributed by atoms with Crippen LogP contribution in [0.5, 0.6) is 0 Å². The molecule has 2 rings (SSSR count). The van der Waals surface area contributed by atoms with Gasteiger partial charge in [-0.2, -0.15) is 0 Å². The molecule has 1 aliphatic heterocycles. The fraction of sp³-hybridized carbons (Fsp3) is 0.364. The third-order valence-corrected chi connectivity index (χ3v) is 3.56. The summed E-state index contributed by atoms with van der Waals surface area (Å²) in [6.45, 7) is 1.20. The highest BCUT2D eigenvalue weighted by atomic mass is 35.5. The molecule has 1 aliphatic rings. The summed E-state index contributed by atoms with van der Waals surface area (Å²) in [5, 5.41) is 6.42. The lowest BCUT2D eigenvalue weighted by Crippen LogP contribution is -2.38. The molecule has 18 heavy (non-hydrogen) atoms. The Morgan fingerprint density at radius 2 is 1.94 bits per heavy atom. The second-order valence-corrected chi connectivity index (χ2v) is 5.13. The summed E-state index contributed by atoms with van der Waals surface area (Å²) in [7, 11) is 0. The van der Waals surface area contributed by atoms with Gasteiger partial charge in [-0.1, -0.05) is 34.8 Å². The van der Waals surface area contributed by atoms with Gasteiger partial charge in [0.05, 0.1) is 33.4 Å². The predicted octanol–water partition coefficient (Wildman–Crippen LogP) is 3.56. The summed E-state index contributed by atoms with van der Waals surface area (Å²) in [4.78, 5) is 11.7. The molecule has 0 aromatic heterocycles. The Hall–Kier alpha value is -0.680. The van der Waals surface area contributed by atoms with E-state index in [4.69, 9.17) is 39.5 Å². The molecule has 1 unspecified atom stereocenters. The molecule has 0 saturated carbocycles. The van der Waals surface area contributed by atoms with Crippen LogP contribution in [0, 0.1) is 0 Å². The quantitative estimate of drug-likeness (QED) is 0.821. The van der Waals surface area contributed by atoms with E-state index in [1.165, 1.54) is 12.1 Å². The van der Waals surface area contributed by atoms with Crippen LogP contribution in [-0.4, -0.2) is 25.3 Å². The van der Waals surface area contributed by atoms with Crippen molar-refractivity contribution in [2.24, 2.45) is 0 Å². The van der Waals surface area contributed by atoms with Crippen molar-refractivity contribution in [2.75, 3.05) is 18.5 Å². The van der Waals surface area contributed by atoms with E-state index < -0.39 is 0 Å². The first-order valence-electron chi connectivity index (χ1n) is 5.36. The third-order valence-electron chi connectivity index (χ3n) is 2.52. The number of carbonyl (C=O) groups is 1. The number of urea groups is 1. The zero-order valence-electron chi connectivity index (χ0n) is 9.30. The summed E-state index contributed by atoms with van der Waals surface area (Å²) in [5.74, 6) is 0. The molecule has 2 amide bonds. The topological polar surface area (TPSA) is 50.4 Å². The first kappa shape index (κ1) is 13.7. The number of hydrogen-bond acceptors (Lipinski definition) is 2. The van der Waals surface area contributed by atoms with Crippen molar-refractivity contribution in [3.8, 4) is 0 Å². The van der Waals surface area contributed by atoms with E-state index in [0.29, 0.717) is 34.0 Å². The molecule has 0 radical (unpaired) electrons. The number of carbonyl (C=O) groups excluding carboxylic acids is 1.